The molecule has 0 bridgehead atoms. The largest absolute Gasteiger partial charge is 0.486 e. The zero-order valence-corrected chi connectivity index (χ0v) is 29.5. The number of hydrogen-bond donors (Lipinski definition) is 2. The molecule has 4 aromatic rings. The fraction of sp³-hybridized carbons (Fsp3) is 0.541. The van der Waals surface area contributed by atoms with Crippen molar-refractivity contribution < 1.29 is 17.9 Å². The van der Waals surface area contributed by atoms with Crippen LogP contribution in [0.4, 0.5) is 13.2 Å². The van der Waals surface area contributed by atoms with Crippen molar-refractivity contribution >= 4 is 22.4 Å². The van der Waals surface area contributed by atoms with Crippen LogP contribution in [-0.2, 0) is 13.1 Å². The molecule has 13 heteroatoms. The fourth-order valence-corrected chi connectivity index (χ4v) is 6.58. The standard InChI is InChI=1S/C37H45ClF3N7O2/c1-3-4-5-6-7-8-9-10-11-12-13-14-17-48-34(30-24(20-42)29(19-26(38)32(30)39)50-37(2)15-16-37)25(22-44-48)27-18-23-28(21-43)46-47-36(49)31(23)33(45-27)35(40)41/h18-19,22,35H,3-17,21,43H2,1-2H3,(H,47,49). The van der Waals surface area contributed by atoms with E-state index in [0.29, 0.717) is 13.0 Å². The number of pyridine rings is 1. The number of nitriles is 1. The number of unbranched alkanes of at least 4 members (excludes halogenated alkanes) is 11. The second kappa shape index (κ2) is 16.8. The smallest absolute Gasteiger partial charge is 0.281 e. The summed E-state index contributed by atoms with van der Waals surface area (Å²) in [6, 6.07) is 4.82. The van der Waals surface area contributed by atoms with Gasteiger partial charge in [-0.1, -0.05) is 89.2 Å². The predicted molar refractivity (Wildman–Crippen MR) is 189 cm³/mol. The maximum Gasteiger partial charge on any atom is 0.281 e. The van der Waals surface area contributed by atoms with Crippen LogP contribution in [0.5, 0.6) is 5.75 Å². The van der Waals surface area contributed by atoms with Crippen molar-refractivity contribution in [2.45, 2.75) is 129 Å². The lowest BCUT2D eigenvalue weighted by atomic mass is 9.97. The Morgan fingerprint density at radius 2 is 1.72 bits per heavy atom. The molecule has 0 amide bonds. The third-order valence-corrected chi connectivity index (χ3v) is 9.73. The van der Waals surface area contributed by atoms with Crippen LogP contribution >= 0.6 is 11.6 Å². The Morgan fingerprint density at radius 1 is 1.08 bits per heavy atom. The van der Waals surface area contributed by atoms with E-state index in [2.05, 4.69) is 33.3 Å². The van der Waals surface area contributed by atoms with Crippen molar-refractivity contribution in [3.05, 3.63) is 56.5 Å². The number of hydrogen-bond acceptors (Lipinski definition) is 7. The quantitative estimate of drug-likeness (QED) is 0.0925. The number of aryl methyl sites for hydroxylation is 1. The number of benzene rings is 1. The highest BCUT2D eigenvalue weighted by atomic mass is 35.5. The Balaban J connectivity index is 1.50. The summed E-state index contributed by atoms with van der Waals surface area (Å²) in [6.07, 6.45) is 13.7. The fourth-order valence-electron chi connectivity index (χ4n) is 6.39. The lowest BCUT2D eigenvalue weighted by molar-refractivity contribution is 0.148. The van der Waals surface area contributed by atoms with Gasteiger partial charge in [0.1, 0.15) is 28.7 Å². The molecule has 9 nitrogen and oxygen atoms in total. The summed E-state index contributed by atoms with van der Waals surface area (Å²) < 4.78 is 52.9. The van der Waals surface area contributed by atoms with E-state index in [1.54, 1.807) is 4.68 Å². The Bertz CT molecular complexity index is 1900. The highest BCUT2D eigenvalue weighted by Crippen LogP contribution is 2.46. The first-order chi connectivity index (χ1) is 24.1. The van der Waals surface area contributed by atoms with Crippen LogP contribution in [0.3, 0.4) is 0 Å². The van der Waals surface area contributed by atoms with E-state index < -0.39 is 29.1 Å². The Hall–Kier alpha value is -3.95. The van der Waals surface area contributed by atoms with Crippen molar-refractivity contribution in [3.8, 4) is 34.3 Å². The van der Waals surface area contributed by atoms with Gasteiger partial charge < -0.3 is 10.5 Å². The Labute approximate surface area is 295 Å². The molecule has 0 atom stereocenters. The molecule has 3 heterocycles. The summed E-state index contributed by atoms with van der Waals surface area (Å²) in [6.45, 7) is 4.33. The molecule has 3 N–H and O–H groups in total. The molecular formula is C37H45ClF3N7O2. The molecule has 0 aliphatic heterocycles. The Kier molecular flexibility index (Phi) is 12.6. The molecule has 268 valence electrons. The summed E-state index contributed by atoms with van der Waals surface area (Å²) in [5.74, 6) is -0.747. The molecule has 0 radical (unpaired) electrons. The number of ether oxygens (including phenoxy) is 1. The summed E-state index contributed by atoms with van der Waals surface area (Å²) in [5.41, 5.74) is 4.00. The molecule has 3 aromatic heterocycles. The van der Waals surface area contributed by atoms with Gasteiger partial charge in [0.2, 0.25) is 0 Å². The number of aromatic nitrogens is 5. The average Bonchev–Trinajstić information content (AvgIpc) is 3.68. The van der Waals surface area contributed by atoms with Gasteiger partial charge in [0, 0.05) is 30.1 Å². The van der Waals surface area contributed by atoms with Crippen molar-refractivity contribution in [1.29, 1.82) is 5.26 Å². The van der Waals surface area contributed by atoms with Crippen LogP contribution in [0.15, 0.2) is 23.1 Å². The third kappa shape index (κ3) is 8.49. The van der Waals surface area contributed by atoms with E-state index in [0.717, 1.165) is 32.1 Å². The lowest BCUT2D eigenvalue weighted by Gasteiger charge is -2.19. The first kappa shape index (κ1) is 37.3. The van der Waals surface area contributed by atoms with Gasteiger partial charge in [-0.25, -0.2) is 23.3 Å². The minimum atomic E-state index is -3.12. The number of aromatic amines is 1. The van der Waals surface area contributed by atoms with Crippen LogP contribution in [0.25, 0.3) is 33.3 Å². The van der Waals surface area contributed by atoms with E-state index in [9.17, 15) is 18.8 Å². The van der Waals surface area contributed by atoms with Crippen molar-refractivity contribution in [3.63, 3.8) is 0 Å². The normalized spacial score (nSPS) is 13.7. The van der Waals surface area contributed by atoms with Gasteiger partial charge in [-0.15, -0.1) is 0 Å². The molecule has 1 saturated carbocycles. The number of nitrogens with zero attached hydrogens (tertiary/aromatic N) is 5. The summed E-state index contributed by atoms with van der Waals surface area (Å²) in [5, 5.41) is 20.6. The number of nitrogens with two attached hydrogens (primary N) is 1. The van der Waals surface area contributed by atoms with Gasteiger partial charge in [-0.05, 0) is 32.3 Å². The van der Waals surface area contributed by atoms with E-state index in [1.165, 1.54) is 69.7 Å². The van der Waals surface area contributed by atoms with Crippen molar-refractivity contribution in [1.82, 2.24) is 25.0 Å². The van der Waals surface area contributed by atoms with Gasteiger partial charge in [-0.2, -0.15) is 15.5 Å². The van der Waals surface area contributed by atoms with Crippen LogP contribution < -0.4 is 16.0 Å². The minimum Gasteiger partial charge on any atom is -0.486 e. The van der Waals surface area contributed by atoms with Gasteiger partial charge >= 0.3 is 0 Å². The predicted octanol–water partition coefficient (Wildman–Crippen LogP) is 9.54. The highest BCUT2D eigenvalue weighted by Gasteiger charge is 2.41. The molecule has 1 aliphatic rings. The summed E-state index contributed by atoms with van der Waals surface area (Å²) >= 11 is 6.43. The van der Waals surface area contributed by atoms with E-state index in [-0.39, 0.29) is 61.9 Å². The van der Waals surface area contributed by atoms with Gasteiger partial charge in [0.25, 0.3) is 12.0 Å². The van der Waals surface area contributed by atoms with Crippen LogP contribution in [0.1, 0.15) is 127 Å². The zero-order chi connectivity index (χ0) is 35.8. The molecule has 0 saturated heterocycles. The highest BCUT2D eigenvalue weighted by molar-refractivity contribution is 6.31. The van der Waals surface area contributed by atoms with Gasteiger partial charge in [-0.3, -0.25) is 9.48 Å². The van der Waals surface area contributed by atoms with E-state index in [1.807, 2.05) is 6.92 Å². The molecule has 50 heavy (non-hydrogen) atoms. The molecule has 0 unspecified atom stereocenters. The number of H-pyrrole nitrogens is 1. The first-order valence-electron chi connectivity index (χ1n) is 17.7. The van der Waals surface area contributed by atoms with E-state index in [4.69, 9.17) is 22.1 Å². The molecule has 5 rings (SSSR count). The van der Waals surface area contributed by atoms with Crippen molar-refractivity contribution in [2.75, 3.05) is 0 Å². The molecular weight excluding hydrogens is 667 g/mol. The molecule has 1 aromatic carbocycles. The zero-order valence-electron chi connectivity index (χ0n) is 28.8. The Morgan fingerprint density at radius 3 is 2.30 bits per heavy atom. The van der Waals surface area contributed by atoms with Crippen LogP contribution in [0.2, 0.25) is 5.02 Å². The minimum absolute atomic E-state index is 0.00858. The first-order valence-corrected chi connectivity index (χ1v) is 18.1. The maximum atomic E-state index is 16.2. The number of rotatable bonds is 19. The molecule has 1 fully saturated rings. The number of halogens is 4. The third-order valence-electron chi connectivity index (χ3n) is 9.46. The second-order valence-corrected chi connectivity index (χ2v) is 13.8. The molecule has 0 spiro atoms. The van der Waals surface area contributed by atoms with E-state index >= 15 is 4.39 Å². The second-order valence-electron chi connectivity index (χ2n) is 13.4. The molecule has 1 aliphatic carbocycles. The van der Waals surface area contributed by atoms with Crippen molar-refractivity contribution in [2.24, 2.45) is 5.73 Å². The summed E-state index contributed by atoms with van der Waals surface area (Å²) in [4.78, 5) is 16.9. The number of alkyl halides is 2. The van der Waals surface area contributed by atoms with Crippen LogP contribution in [-0.4, -0.2) is 30.6 Å². The SMILES string of the molecule is CCCCCCCCCCCCCCn1ncc(-c2cc3c(CN)n[nH]c(=O)c3c(C(F)F)n2)c1-c1c(F)c(Cl)cc(OC2(C)CC2)c1C#N. The number of nitrogens with one attached hydrogen (secondary N) is 1. The number of fused-ring (bicyclic) bond motifs is 1. The monoisotopic (exact) mass is 711 g/mol. The summed E-state index contributed by atoms with van der Waals surface area (Å²) in [7, 11) is 0. The topological polar surface area (TPSA) is 136 Å². The maximum absolute atomic E-state index is 16.2. The average molecular weight is 712 g/mol. The van der Waals surface area contributed by atoms with Gasteiger partial charge in [0.15, 0.2) is 5.82 Å². The van der Waals surface area contributed by atoms with Gasteiger partial charge in [0.05, 0.1) is 39.3 Å². The van der Waals surface area contributed by atoms with Crippen LogP contribution in [0, 0.1) is 17.1 Å². The lowest BCUT2D eigenvalue weighted by Crippen LogP contribution is -2.16.